The van der Waals surface area contributed by atoms with E-state index < -0.39 is 0 Å². The highest BCUT2D eigenvalue weighted by atomic mass is 35.5. The van der Waals surface area contributed by atoms with E-state index in [1.165, 1.54) is 33.0 Å². The number of hydrogen-bond donors (Lipinski definition) is 1. The standard InChI is InChI=1S/C26H24ClN/c1-18(28)26(16-19-6-14-25(27)15-7-19)22-11-8-21(9-12-22)24-13-10-20-4-2-3-5-23(20)17-24/h2-15,17-18,26H,16,28H2,1H3. The van der Waals surface area contributed by atoms with E-state index >= 15 is 0 Å². The van der Waals surface area contributed by atoms with Crippen LogP contribution in [0.15, 0.2) is 91.0 Å². The first-order valence-corrected chi connectivity index (χ1v) is 10.1. The zero-order chi connectivity index (χ0) is 19.5. The molecule has 0 aliphatic carbocycles. The molecule has 0 saturated heterocycles. The fraction of sp³-hybridized carbons (Fsp3) is 0.154. The van der Waals surface area contributed by atoms with Crippen LogP contribution in [0.4, 0.5) is 0 Å². The fourth-order valence-corrected chi connectivity index (χ4v) is 3.90. The molecule has 0 aliphatic heterocycles. The van der Waals surface area contributed by atoms with Gasteiger partial charge in [0.25, 0.3) is 0 Å². The molecule has 4 rings (SSSR count). The zero-order valence-electron chi connectivity index (χ0n) is 16.0. The summed E-state index contributed by atoms with van der Waals surface area (Å²) in [5.41, 5.74) is 11.3. The molecule has 2 N–H and O–H groups in total. The van der Waals surface area contributed by atoms with Gasteiger partial charge in [-0.2, -0.15) is 0 Å². The molecule has 2 heteroatoms. The minimum atomic E-state index is 0.0715. The van der Waals surface area contributed by atoms with E-state index in [1.807, 2.05) is 12.1 Å². The van der Waals surface area contributed by atoms with Crippen molar-refractivity contribution in [2.24, 2.45) is 5.73 Å². The van der Waals surface area contributed by atoms with Crippen LogP contribution in [0.1, 0.15) is 24.0 Å². The van der Waals surface area contributed by atoms with Crippen molar-refractivity contribution in [3.8, 4) is 11.1 Å². The maximum atomic E-state index is 6.33. The molecule has 2 unspecified atom stereocenters. The number of benzene rings is 4. The number of halogens is 1. The second-order valence-electron chi connectivity index (χ2n) is 7.48. The summed E-state index contributed by atoms with van der Waals surface area (Å²) in [5, 5.41) is 3.30. The molecule has 0 heterocycles. The molecular formula is C26H24ClN. The maximum absolute atomic E-state index is 6.33. The summed E-state index contributed by atoms with van der Waals surface area (Å²) in [5.74, 6) is 0.270. The van der Waals surface area contributed by atoms with Crippen LogP contribution in [-0.4, -0.2) is 6.04 Å². The number of nitrogens with two attached hydrogens (primary N) is 1. The highest BCUT2D eigenvalue weighted by Gasteiger charge is 2.17. The number of hydrogen-bond acceptors (Lipinski definition) is 1. The van der Waals surface area contributed by atoms with Crippen LogP contribution in [0.5, 0.6) is 0 Å². The second-order valence-corrected chi connectivity index (χ2v) is 7.92. The molecule has 0 spiro atoms. The predicted molar refractivity (Wildman–Crippen MR) is 121 cm³/mol. The van der Waals surface area contributed by atoms with Gasteiger partial charge in [0, 0.05) is 17.0 Å². The lowest BCUT2D eigenvalue weighted by Gasteiger charge is -2.22. The van der Waals surface area contributed by atoms with Crippen molar-refractivity contribution in [3.63, 3.8) is 0 Å². The van der Waals surface area contributed by atoms with Gasteiger partial charge in [0.1, 0.15) is 0 Å². The largest absolute Gasteiger partial charge is 0.327 e. The Labute approximate surface area is 171 Å². The number of rotatable bonds is 5. The zero-order valence-corrected chi connectivity index (χ0v) is 16.7. The van der Waals surface area contributed by atoms with Gasteiger partial charge in [0.2, 0.25) is 0 Å². The molecule has 4 aromatic carbocycles. The third-order valence-corrected chi connectivity index (χ3v) is 5.68. The molecule has 0 amide bonds. The summed E-state index contributed by atoms with van der Waals surface area (Å²) in [4.78, 5) is 0. The van der Waals surface area contributed by atoms with Crippen molar-refractivity contribution < 1.29 is 0 Å². The van der Waals surface area contributed by atoms with Crippen LogP contribution in [0.2, 0.25) is 5.02 Å². The molecule has 2 atom stereocenters. The predicted octanol–water partition coefficient (Wildman–Crippen LogP) is 6.83. The highest BCUT2D eigenvalue weighted by Crippen LogP contribution is 2.29. The van der Waals surface area contributed by atoms with Crippen molar-refractivity contribution in [2.75, 3.05) is 0 Å². The molecule has 28 heavy (non-hydrogen) atoms. The van der Waals surface area contributed by atoms with Gasteiger partial charge in [-0.15, -0.1) is 0 Å². The average molecular weight is 386 g/mol. The first kappa shape index (κ1) is 18.7. The minimum Gasteiger partial charge on any atom is -0.327 e. The van der Waals surface area contributed by atoms with Crippen LogP contribution in [0, 0.1) is 0 Å². The maximum Gasteiger partial charge on any atom is 0.0406 e. The van der Waals surface area contributed by atoms with E-state index in [0.29, 0.717) is 0 Å². The molecule has 0 aromatic heterocycles. The molecular weight excluding hydrogens is 362 g/mol. The van der Waals surface area contributed by atoms with Crippen LogP contribution >= 0.6 is 11.6 Å². The second kappa shape index (κ2) is 8.18. The van der Waals surface area contributed by atoms with Crippen LogP contribution in [0.25, 0.3) is 21.9 Å². The summed E-state index contributed by atoms with van der Waals surface area (Å²) < 4.78 is 0. The summed E-state index contributed by atoms with van der Waals surface area (Å²) in [6, 6.07) is 32.1. The minimum absolute atomic E-state index is 0.0715. The van der Waals surface area contributed by atoms with Crippen molar-refractivity contribution in [2.45, 2.75) is 25.3 Å². The van der Waals surface area contributed by atoms with Gasteiger partial charge in [0.05, 0.1) is 0 Å². The first-order chi connectivity index (χ1) is 13.6. The molecule has 0 aliphatic rings. The Balaban J connectivity index is 1.60. The Bertz CT molecular complexity index is 1070. The summed E-state index contributed by atoms with van der Waals surface area (Å²) in [6.07, 6.45) is 0.907. The van der Waals surface area contributed by atoms with Crippen molar-refractivity contribution >= 4 is 22.4 Å². The van der Waals surface area contributed by atoms with E-state index in [2.05, 4.69) is 85.8 Å². The molecule has 1 nitrogen and oxygen atoms in total. The molecule has 140 valence electrons. The van der Waals surface area contributed by atoms with Gasteiger partial charge in [-0.3, -0.25) is 0 Å². The third-order valence-electron chi connectivity index (χ3n) is 5.43. The van der Waals surface area contributed by atoms with Gasteiger partial charge >= 0.3 is 0 Å². The van der Waals surface area contributed by atoms with Gasteiger partial charge in [-0.05, 0) is 64.6 Å². The lowest BCUT2D eigenvalue weighted by atomic mass is 9.86. The van der Waals surface area contributed by atoms with Gasteiger partial charge in [-0.25, -0.2) is 0 Å². The molecule has 4 aromatic rings. The molecule has 0 radical (unpaired) electrons. The fourth-order valence-electron chi connectivity index (χ4n) is 3.77. The Morgan fingerprint density at radius 1 is 0.750 bits per heavy atom. The van der Waals surface area contributed by atoms with Crippen LogP contribution in [0.3, 0.4) is 0 Å². The highest BCUT2D eigenvalue weighted by molar-refractivity contribution is 6.30. The smallest absolute Gasteiger partial charge is 0.0406 e. The Morgan fingerprint density at radius 3 is 2.07 bits per heavy atom. The van der Waals surface area contributed by atoms with Gasteiger partial charge in [-0.1, -0.05) is 84.4 Å². The summed E-state index contributed by atoms with van der Waals surface area (Å²) in [6.45, 7) is 2.08. The first-order valence-electron chi connectivity index (χ1n) is 9.69. The van der Waals surface area contributed by atoms with Gasteiger partial charge < -0.3 is 5.73 Å². The van der Waals surface area contributed by atoms with E-state index in [4.69, 9.17) is 17.3 Å². The Hall–Kier alpha value is -2.61. The normalized spacial score (nSPS) is 13.4. The quantitative estimate of drug-likeness (QED) is 0.400. The third kappa shape index (κ3) is 4.11. The van der Waals surface area contributed by atoms with Gasteiger partial charge in [0.15, 0.2) is 0 Å². The SMILES string of the molecule is CC(N)C(Cc1ccc(Cl)cc1)c1ccc(-c2ccc3ccccc3c2)cc1. The van der Waals surface area contributed by atoms with E-state index in [-0.39, 0.29) is 12.0 Å². The van der Waals surface area contributed by atoms with Crippen molar-refractivity contribution in [1.29, 1.82) is 0 Å². The number of fused-ring (bicyclic) bond motifs is 1. The average Bonchev–Trinajstić information content (AvgIpc) is 2.73. The van der Waals surface area contributed by atoms with Crippen LogP contribution < -0.4 is 5.73 Å². The van der Waals surface area contributed by atoms with E-state index in [0.717, 1.165) is 11.4 Å². The van der Waals surface area contributed by atoms with E-state index in [1.54, 1.807) is 0 Å². The van der Waals surface area contributed by atoms with E-state index in [9.17, 15) is 0 Å². The lowest BCUT2D eigenvalue weighted by molar-refractivity contribution is 0.565. The monoisotopic (exact) mass is 385 g/mol. The van der Waals surface area contributed by atoms with Crippen molar-refractivity contribution in [3.05, 3.63) is 107 Å². The molecule has 0 bridgehead atoms. The molecule has 0 saturated carbocycles. The lowest BCUT2D eigenvalue weighted by Crippen LogP contribution is -2.26. The Morgan fingerprint density at radius 2 is 1.39 bits per heavy atom. The summed E-state index contributed by atoms with van der Waals surface area (Å²) >= 11 is 6.02. The topological polar surface area (TPSA) is 26.0 Å². The molecule has 0 fully saturated rings. The van der Waals surface area contributed by atoms with Crippen LogP contribution in [-0.2, 0) is 6.42 Å². The summed E-state index contributed by atoms with van der Waals surface area (Å²) in [7, 11) is 0. The Kier molecular flexibility index (Phi) is 5.47. The van der Waals surface area contributed by atoms with Crippen molar-refractivity contribution in [1.82, 2.24) is 0 Å².